The van der Waals surface area contributed by atoms with Gasteiger partial charge in [-0.05, 0) is 20.8 Å². The highest BCUT2D eigenvalue weighted by Crippen LogP contribution is 2.34. The third kappa shape index (κ3) is 2.16. The molecular formula is C11H19NO4. The fraction of sp³-hybridized carbons (Fsp3) is 0.818. The van der Waals surface area contributed by atoms with Crippen molar-refractivity contribution in [1.82, 2.24) is 0 Å². The van der Waals surface area contributed by atoms with Crippen molar-refractivity contribution < 1.29 is 19.3 Å². The van der Waals surface area contributed by atoms with Crippen molar-refractivity contribution in [3.05, 3.63) is 12.0 Å². The predicted molar refractivity (Wildman–Crippen MR) is 57.5 cm³/mol. The van der Waals surface area contributed by atoms with Crippen molar-refractivity contribution >= 4 is 0 Å². The summed E-state index contributed by atoms with van der Waals surface area (Å²) in [6.45, 7) is 5.80. The first kappa shape index (κ1) is 11.7. The Kier molecular flexibility index (Phi) is 2.86. The molecule has 5 heteroatoms. The van der Waals surface area contributed by atoms with Gasteiger partial charge in [0.05, 0.1) is 12.2 Å². The highest BCUT2D eigenvalue weighted by molar-refractivity contribution is 5.12. The molecule has 0 saturated carbocycles. The molecular weight excluding hydrogens is 210 g/mol. The molecule has 2 aliphatic heterocycles. The van der Waals surface area contributed by atoms with E-state index in [-0.39, 0.29) is 36.6 Å². The lowest BCUT2D eigenvalue weighted by molar-refractivity contribution is -0.123. The van der Waals surface area contributed by atoms with Gasteiger partial charge in [-0.2, -0.15) is 0 Å². The van der Waals surface area contributed by atoms with Crippen LogP contribution in [0.3, 0.4) is 0 Å². The summed E-state index contributed by atoms with van der Waals surface area (Å²) >= 11 is 0. The molecule has 1 fully saturated rings. The van der Waals surface area contributed by atoms with Crippen LogP contribution in [0.5, 0.6) is 0 Å². The lowest BCUT2D eigenvalue weighted by Crippen LogP contribution is -2.42. The van der Waals surface area contributed by atoms with Gasteiger partial charge in [0, 0.05) is 6.08 Å². The van der Waals surface area contributed by atoms with Crippen molar-refractivity contribution in [2.75, 3.05) is 6.61 Å². The van der Waals surface area contributed by atoms with Crippen LogP contribution in [0, 0.1) is 0 Å². The van der Waals surface area contributed by atoms with Gasteiger partial charge in [-0.3, -0.25) is 0 Å². The summed E-state index contributed by atoms with van der Waals surface area (Å²) in [5.74, 6) is 0.369. The van der Waals surface area contributed by atoms with Crippen molar-refractivity contribution in [2.45, 2.75) is 50.8 Å². The molecule has 1 saturated heterocycles. The van der Waals surface area contributed by atoms with E-state index in [0.29, 0.717) is 5.88 Å². The summed E-state index contributed by atoms with van der Waals surface area (Å²) in [5, 5.41) is 9.24. The van der Waals surface area contributed by atoms with Crippen molar-refractivity contribution in [3.63, 3.8) is 0 Å². The molecule has 0 aromatic rings. The Balaban J connectivity index is 2.10. The van der Waals surface area contributed by atoms with E-state index in [1.165, 1.54) is 0 Å². The Labute approximate surface area is 95.2 Å². The molecule has 0 radical (unpaired) electrons. The lowest BCUT2D eigenvalue weighted by atomic mass is 10.1. The number of nitrogens with two attached hydrogens (primary N) is 1. The van der Waals surface area contributed by atoms with E-state index < -0.39 is 0 Å². The smallest absolute Gasteiger partial charge is 0.183 e. The molecule has 1 unspecified atom stereocenters. The molecule has 0 aliphatic carbocycles. The molecule has 16 heavy (non-hydrogen) atoms. The van der Waals surface area contributed by atoms with E-state index in [4.69, 9.17) is 19.9 Å². The summed E-state index contributed by atoms with van der Waals surface area (Å²) in [7, 11) is 0. The average molecular weight is 229 g/mol. The quantitative estimate of drug-likeness (QED) is 0.704. The van der Waals surface area contributed by atoms with Gasteiger partial charge < -0.3 is 25.1 Å². The number of aliphatic hydroxyl groups excluding tert-OH is 1. The Morgan fingerprint density at radius 2 is 2.19 bits per heavy atom. The highest BCUT2D eigenvalue weighted by Gasteiger charge is 2.50. The van der Waals surface area contributed by atoms with Crippen LogP contribution in [-0.4, -0.2) is 41.7 Å². The molecule has 0 amide bonds. The van der Waals surface area contributed by atoms with E-state index in [1.807, 2.05) is 20.8 Å². The Morgan fingerprint density at radius 1 is 1.50 bits per heavy atom. The number of fused-ring (bicyclic) bond motifs is 1. The Morgan fingerprint density at radius 3 is 2.75 bits per heavy atom. The molecule has 0 spiro atoms. The third-order valence-electron chi connectivity index (χ3n) is 2.62. The molecule has 2 aliphatic rings. The minimum atomic E-state index is -0.349. The summed E-state index contributed by atoms with van der Waals surface area (Å²) in [5.41, 5.74) is 5.27. The summed E-state index contributed by atoms with van der Waals surface area (Å²) in [6, 6.07) is 0. The Hall–Kier alpha value is -0.780. The molecule has 0 aromatic carbocycles. The number of hydrogen-bond donors (Lipinski definition) is 2. The molecule has 2 heterocycles. The van der Waals surface area contributed by atoms with Crippen LogP contribution in [0.4, 0.5) is 0 Å². The minimum absolute atomic E-state index is 0.0785. The van der Waals surface area contributed by atoms with Gasteiger partial charge in [0.25, 0.3) is 0 Å². The van der Waals surface area contributed by atoms with Crippen LogP contribution in [-0.2, 0) is 14.2 Å². The lowest BCUT2D eigenvalue weighted by Gasteiger charge is -2.29. The third-order valence-corrected chi connectivity index (χ3v) is 2.62. The highest BCUT2D eigenvalue weighted by atomic mass is 16.6. The largest absolute Gasteiger partial charge is 0.470 e. The van der Waals surface area contributed by atoms with E-state index in [2.05, 4.69) is 0 Å². The maximum atomic E-state index is 9.24. The fourth-order valence-electron chi connectivity index (χ4n) is 2.08. The zero-order valence-electron chi connectivity index (χ0n) is 9.84. The molecule has 5 nitrogen and oxygen atoms in total. The van der Waals surface area contributed by atoms with Gasteiger partial charge in [-0.1, -0.05) is 0 Å². The van der Waals surface area contributed by atoms with Gasteiger partial charge in [0.1, 0.15) is 18.3 Å². The zero-order chi connectivity index (χ0) is 11.9. The van der Waals surface area contributed by atoms with Crippen LogP contribution in [0.2, 0.25) is 0 Å². The van der Waals surface area contributed by atoms with Crippen LogP contribution in [0.25, 0.3) is 0 Å². The Bertz CT molecular complexity index is 297. The SMILES string of the molecule is CC(C)(C)OC1[C@H]2OC(N)=C[C@@H]2O[C@@H]1CO. The maximum absolute atomic E-state index is 9.24. The molecule has 2 rings (SSSR count). The number of ether oxygens (including phenoxy) is 3. The monoisotopic (exact) mass is 229 g/mol. The standard InChI is InChI=1S/C11H19NO4/c1-11(2,3)16-10-7(5-13)14-6-4-8(12)15-9(6)10/h4,6-7,9-10,13H,5,12H2,1-3H3/t6-,7+,9-,10?/m0/s1. The van der Waals surface area contributed by atoms with Gasteiger partial charge in [0.2, 0.25) is 0 Å². The van der Waals surface area contributed by atoms with E-state index in [1.54, 1.807) is 6.08 Å². The van der Waals surface area contributed by atoms with E-state index in [9.17, 15) is 5.11 Å². The summed E-state index contributed by atoms with van der Waals surface area (Å²) < 4.78 is 16.9. The summed E-state index contributed by atoms with van der Waals surface area (Å²) in [6.07, 6.45) is 0.644. The van der Waals surface area contributed by atoms with Gasteiger partial charge in [-0.25, -0.2) is 0 Å². The number of aliphatic hydroxyl groups is 1. The molecule has 0 bridgehead atoms. The van der Waals surface area contributed by atoms with Gasteiger partial charge in [0.15, 0.2) is 12.0 Å². The van der Waals surface area contributed by atoms with Crippen LogP contribution in [0.15, 0.2) is 12.0 Å². The second kappa shape index (κ2) is 3.91. The predicted octanol–water partition coefficient (Wildman–Crippen LogP) is 0.129. The fourth-order valence-corrected chi connectivity index (χ4v) is 2.08. The normalized spacial score (nSPS) is 38.1. The molecule has 0 aromatic heterocycles. The van der Waals surface area contributed by atoms with Crippen LogP contribution < -0.4 is 5.73 Å². The topological polar surface area (TPSA) is 73.9 Å². The van der Waals surface area contributed by atoms with Gasteiger partial charge in [-0.15, -0.1) is 0 Å². The second-order valence-corrected chi connectivity index (χ2v) is 5.17. The number of hydrogen-bond acceptors (Lipinski definition) is 5. The zero-order valence-corrected chi connectivity index (χ0v) is 9.84. The van der Waals surface area contributed by atoms with Crippen LogP contribution in [0.1, 0.15) is 20.8 Å². The first-order valence-corrected chi connectivity index (χ1v) is 5.49. The van der Waals surface area contributed by atoms with Crippen molar-refractivity contribution in [2.24, 2.45) is 5.73 Å². The van der Waals surface area contributed by atoms with Crippen molar-refractivity contribution in [3.8, 4) is 0 Å². The summed E-state index contributed by atoms with van der Waals surface area (Å²) in [4.78, 5) is 0. The minimum Gasteiger partial charge on any atom is -0.470 e. The van der Waals surface area contributed by atoms with Crippen molar-refractivity contribution in [1.29, 1.82) is 0 Å². The molecule has 3 N–H and O–H groups in total. The van der Waals surface area contributed by atoms with Gasteiger partial charge >= 0.3 is 0 Å². The maximum Gasteiger partial charge on any atom is 0.183 e. The van der Waals surface area contributed by atoms with Crippen LogP contribution >= 0.6 is 0 Å². The first-order valence-electron chi connectivity index (χ1n) is 5.49. The average Bonchev–Trinajstić information content (AvgIpc) is 2.62. The first-order chi connectivity index (χ1) is 7.40. The number of rotatable bonds is 2. The molecule has 92 valence electrons. The van der Waals surface area contributed by atoms with E-state index >= 15 is 0 Å². The molecule has 4 atom stereocenters. The second-order valence-electron chi connectivity index (χ2n) is 5.17. The van der Waals surface area contributed by atoms with E-state index in [0.717, 1.165) is 0 Å².